The van der Waals surface area contributed by atoms with Crippen LogP contribution >= 0.6 is 0 Å². The normalized spacial score (nSPS) is 27.5. The van der Waals surface area contributed by atoms with Crippen LogP contribution in [0.2, 0.25) is 0 Å². The second-order valence-electron chi connectivity index (χ2n) is 6.91. The lowest BCUT2D eigenvalue weighted by molar-refractivity contribution is -0.0107. The topological polar surface area (TPSA) is 66.6 Å². The molecule has 0 aromatic heterocycles. The minimum Gasteiger partial charge on any atom is -0.329 e. The van der Waals surface area contributed by atoms with E-state index in [0.717, 1.165) is 6.54 Å². The molecule has 1 saturated carbocycles. The zero-order chi connectivity index (χ0) is 15.0. The van der Waals surface area contributed by atoms with Crippen molar-refractivity contribution >= 4 is 9.84 Å². The van der Waals surface area contributed by atoms with E-state index in [0.29, 0.717) is 19.4 Å². The Morgan fingerprint density at radius 3 is 1.90 bits per heavy atom. The highest BCUT2D eigenvalue weighted by molar-refractivity contribution is 7.91. The van der Waals surface area contributed by atoms with Crippen molar-refractivity contribution in [2.24, 2.45) is 5.73 Å². The first-order chi connectivity index (χ1) is 9.25. The van der Waals surface area contributed by atoms with Gasteiger partial charge in [0.2, 0.25) is 0 Å². The SMILES string of the molecule is CN(C)C1(CN(C)C2(CN)CCS(=O)(=O)CC2)CCC1. The number of hydrogen-bond donors (Lipinski definition) is 1. The fourth-order valence-corrected chi connectivity index (χ4v) is 5.19. The van der Waals surface area contributed by atoms with Gasteiger partial charge in [-0.15, -0.1) is 0 Å². The first-order valence-electron chi connectivity index (χ1n) is 7.55. The summed E-state index contributed by atoms with van der Waals surface area (Å²) in [6.45, 7) is 1.53. The monoisotopic (exact) mass is 303 g/mol. The molecule has 6 heteroatoms. The summed E-state index contributed by atoms with van der Waals surface area (Å²) in [6.07, 6.45) is 5.08. The molecule has 0 aromatic carbocycles. The van der Waals surface area contributed by atoms with Gasteiger partial charge in [-0.2, -0.15) is 0 Å². The van der Waals surface area contributed by atoms with Crippen molar-refractivity contribution in [3.8, 4) is 0 Å². The molecule has 0 aromatic rings. The third kappa shape index (κ3) is 2.89. The lowest BCUT2D eigenvalue weighted by Crippen LogP contribution is -2.64. The number of nitrogens with two attached hydrogens (primary N) is 1. The van der Waals surface area contributed by atoms with E-state index in [1.54, 1.807) is 0 Å². The number of sulfone groups is 1. The quantitative estimate of drug-likeness (QED) is 0.792. The molecule has 2 N–H and O–H groups in total. The van der Waals surface area contributed by atoms with Crippen LogP contribution in [0, 0.1) is 0 Å². The van der Waals surface area contributed by atoms with E-state index in [-0.39, 0.29) is 22.6 Å². The molecule has 1 aliphatic carbocycles. The molecule has 5 nitrogen and oxygen atoms in total. The zero-order valence-corrected chi connectivity index (χ0v) is 13.9. The Balaban J connectivity index is 2.08. The third-order valence-electron chi connectivity index (χ3n) is 5.71. The molecule has 0 amide bonds. The molecular weight excluding hydrogens is 274 g/mol. The molecule has 2 aliphatic rings. The first-order valence-corrected chi connectivity index (χ1v) is 9.37. The van der Waals surface area contributed by atoms with Gasteiger partial charge in [-0.1, -0.05) is 0 Å². The van der Waals surface area contributed by atoms with Crippen LogP contribution in [-0.2, 0) is 9.84 Å². The zero-order valence-electron chi connectivity index (χ0n) is 13.1. The Labute approximate surface area is 123 Å². The Morgan fingerprint density at radius 2 is 1.55 bits per heavy atom. The lowest BCUT2D eigenvalue weighted by Gasteiger charge is -2.53. The van der Waals surface area contributed by atoms with Crippen LogP contribution in [0.4, 0.5) is 0 Å². The second-order valence-corrected chi connectivity index (χ2v) is 9.21. The van der Waals surface area contributed by atoms with Gasteiger partial charge in [-0.3, -0.25) is 4.90 Å². The Morgan fingerprint density at radius 1 is 1.00 bits per heavy atom. The average Bonchev–Trinajstić information content (AvgIpc) is 2.33. The molecule has 118 valence electrons. The summed E-state index contributed by atoms with van der Waals surface area (Å²) in [4.78, 5) is 4.68. The van der Waals surface area contributed by atoms with Crippen molar-refractivity contribution in [1.82, 2.24) is 9.80 Å². The van der Waals surface area contributed by atoms with Crippen LogP contribution in [0.15, 0.2) is 0 Å². The molecule has 0 atom stereocenters. The summed E-state index contributed by atoms with van der Waals surface area (Å²) in [6, 6.07) is 0. The summed E-state index contributed by atoms with van der Waals surface area (Å²) in [5.74, 6) is 0.563. The highest BCUT2D eigenvalue weighted by Gasteiger charge is 2.45. The van der Waals surface area contributed by atoms with E-state index in [1.165, 1.54) is 19.3 Å². The summed E-state index contributed by atoms with van der Waals surface area (Å²) >= 11 is 0. The number of likely N-dealkylation sites (N-methyl/N-ethyl adjacent to an activating group) is 2. The van der Waals surface area contributed by atoms with Gasteiger partial charge in [-0.05, 0) is 53.2 Å². The molecule has 0 bridgehead atoms. The highest BCUT2D eigenvalue weighted by Crippen LogP contribution is 2.39. The van der Waals surface area contributed by atoms with Crippen LogP contribution in [0.25, 0.3) is 0 Å². The molecule has 1 aliphatic heterocycles. The highest BCUT2D eigenvalue weighted by atomic mass is 32.2. The van der Waals surface area contributed by atoms with E-state index in [4.69, 9.17) is 5.73 Å². The maximum atomic E-state index is 11.7. The van der Waals surface area contributed by atoms with Gasteiger partial charge < -0.3 is 10.6 Å². The third-order valence-corrected chi connectivity index (χ3v) is 7.36. The van der Waals surface area contributed by atoms with Gasteiger partial charge in [-0.25, -0.2) is 8.42 Å². The lowest BCUT2D eigenvalue weighted by atomic mass is 9.74. The molecule has 2 fully saturated rings. The maximum absolute atomic E-state index is 11.7. The van der Waals surface area contributed by atoms with Crippen molar-refractivity contribution in [3.05, 3.63) is 0 Å². The predicted molar refractivity (Wildman–Crippen MR) is 82.6 cm³/mol. The van der Waals surface area contributed by atoms with Crippen LogP contribution in [-0.4, -0.2) is 75.0 Å². The fourth-order valence-electron chi connectivity index (χ4n) is 3.60. The van der Waals surface area contributed by atoms with E-state index in [1.807, 2.05) is 0 Å². The van der Waals surface area contributed by atoms with Gasteiger partial charge in [0.15, 0.2) is 0 Å². The van der Waals surface area contributed by atoms with Crippen molar-refractivity contribution in [2.75, 3.05) is 45.7 Å². The van der Waals surface area contributed by atoms with Crippen LogP contribution in [0.1, 0.15) is 32.1 Å². The summed E-state index contributed by atoms with van der Waals surface area (Å²) in [7, 11) is 3.57. The summed E-state index contributed by atoms with van der Waals surface area (Å²) in [5.41, 5.74) is 6.15. The number of nitrogens with zero attached hydrogens (tertiary/aromatic N) is 2. The first kappa shape index (κ1) is 16.2. The van der Waals surface area contributed by atoms with E-state index in [9.17, 15) is 8.42 Å². The molecule has 2 rings (SSSR count). The molecular formula is C14H29N3O2S. The van der Waals surface area contributed by atoms with Crippen LogP contribution < -0.4 is 5.73 Å². The molecule has 0 radical (unpaired) electrons. The van der Waals surface area contributed by atoms with Gasteiger partial charge in [0, 0.05) is 24.2 Å². The Hall–Kier alpha value is -0.170. The van der Waals surface area contributed by atoms with Gasteiger partial charge in [0.05, 0.1) is 11.5 Å². The molecule has 0 spiro atoms. The smallest absolute Gasteiger partial charge is 0.150 e. The molecule has 1 saturated heterocycles. The Kier molecular flexibility index (Phi) is 4.50. The Bertz CT molecular complexity index is 429. The molecule has 1 heterocycles. The minimum absolute atomic E-state index is 0.135. The average molecular weight is 303 g/mol. The second kappa shape index (κ2) is 5.55. The van der Waals surface area contributed by atoms with Gasteiger partial charge >= 0.3 is 0 Å². The van der Waals surface area contributed by atoms with Crippen molar-refractivity contribution < 1.29 is 8.42 Å². The largest absolute Gasteiger partial charge is 0.329 e. The van der Waals surface area contributed by atoms with Crippen molar-refractivity contribution in [1.29, 1.82) is 0 Å². The summed E-state index contributed by atoms with van der Waals surface area (Å²) in [5, 5.41) is 0. The van der Waals surface area contributed by atoms with E-state index >= 15 is 0 Å². The van der Waals surface area contributed by atoms with Crippen molar-refractivity contribution in [3.63, 3.8) is 0 Å². The summed E-state index contributed by atoms with van der Waals surface area (Å²) < 4.78 is 23.3. The van der Waals surface area contributed by atoms with E-state index in [2.05, 4.69) is 30.9 Å². The van der Waals surface area contributed by atoms with Gasteiger partial charge in [0.1, 0.15) is 9.84 Å². The minimum atomic E-state index is -2.84. The molecule has 0 unspecified atom stereocenters. The van der Waals surface area contributed by atoms with Crippen LogP contribution in [0.5, 0.6) is 0 Å². The van der Waals surface area contributed by atoms with Crippen molar-refractivity contribution in [2.45, 2.75) is 43.2 Å². The van der Waals surface area contributed by atoms with Crippen LogP contribution in [0.3, 0.4) is 0 Å². The van der Waals surface area contributed by atoms with E-state index < -0.39 is 9.84 Å². The number of rotatable bonds is 5. The fraction of sp³-hybridized carbons (Fsp3) is 1.00. The standard InChI is InChI=1S/C14H29N3O2S/c1-16(2)14(5-4-6-14)12-17(3)13(11-15)7-9-20(18,19)10-8-13/h4-12,15H2,1-3H3. The van der Waals surface area contributed by atoms with Gasteiger partial charge in [0.25, 0.3) is 0 Å². The number of hydrogen-bond acceptors (Lipinski definition) is 5. The maximum Gasteiger partial charge on any atom is 0.150 e. The molecule has 20 heavy (non-hydrogen) atoms. The predicted octanol–water partition coefficient (Wildman–Crippen LogP) is 0.309.